The van der Waals surface area contributed by atoms with E-state index in [1.807, 2.05) is 0 Å². The van der Waals surface area contributed by atoms with Crippen LogP contribution in [-0.2, 0) is 16.0 Å². The van der Waals surface area contributed by atoms with Crippen LogP contribution in [-0.4, -0.2) is 23.5 Å². The molecule has 1 unspecified atom stereocenters. The molecule has 7 nitrogen and oxygen atoms in total. The topological polar surface area (TPSA) is 105 Å². The quantitative estimate of drug-likeness (QED) is 0.622. The highest BCUT2D eigenvalue weighted by atomic mass is 79.9. The highest BCUT2D eigenvalue weighted by Gasteiger charge is 2.25. The van der Waals surface area contributed by atoms with E-state index in [9.17, 15) is 18.4 Å². The number of rotatable bonds is 8. The maximum Gasteiger partial charge on any atom is 0.302 e. The maximum atomic E-state index is 14.4. The van der Waals surface area contributed by atoms with Crippen LogP contribution in [0.4, 0.5) is 8.78 Å². The molecular weight excluding hydrogens is 430 g/mol. The summed E-state index contributed by atoms with van der Waals surface area (Å²) in [6, 6.07) is 1.96. The number of aromatic nitrogens is 1. The third-order valence-electron chi connectivity index (χ3n) is 3.52. The molecule has 0 aliphatic carbocycles. The van der Waals surface area contributed by atoms with Crippen molar-refractivity contribution in [1.29, 1.82) is 0 Å². The van der Waals surface area contributed by atoms with Gasteiger partial charge in [-0.2, -0.15) is 0 Å². The summed E-state index contributed by atoms with van der Waals surface area (Å²) >= 11 is 3.22. The molecule has 0 saturated carbocycles. The van der Waals surface area contributed by atoms with Gasteiger partial charge in [-0.15, -0.1) is 0 Å². The first-order valence-corrected chi connectivity index (χ1v) is 8.76. The molecule has 146 valence electrons. The summed E-state index contributed by atoms with van der Waals surface area (Å²) in [4.78, 5) is 26.3. The van der Waals surface area contributed by atoms with Crippen molar-refractivity contribution in [3.63, 3.8) is 0 Å². The van der Waals surface area contributed by atoms with Crippen LogP contribution < -0.4 is 10.5 Å². The van der Waals surface area contributed by atoms with Crippen molar-refractivity contribution in [3.05, 3.63) is 45.6 Å². The molecule has 1 atom stereocenters. The number of nitrogens with two attached hydrogens (primary N) is 1. The molecule has 2 aromatic rings. The van der Waals surface area contributed by atoms with Crippen LogP contribution >= 0.6 is 15.9 Å². The van der Waals surface area contributed by atoms with Gasteiger partial charge in [0.2, 0.25) is 0 Å². The highest BCUT2D eigenvalue weighted by molar-refractivity contribution is 9.10. The zero-order valence-electron chi connectivity index (χ0n) is 14.6. The first-order chi connectivity index (χ1) is 12.7. The minimum absolute atomic E-state index is 0.0912. The lowest BCUT2D eigenvalue weighted by Gasteiger charge is -2.17. The van der Waals surface area contributed by atoms with Gasteiger partial charge in [0, 0.05) is 6.92 Å². The lowest BCUT2D eigenvalue weighted by Crippen LogP contribution is -2.17. The van der Waals surface area contributed by atoms with Gasteiger partial charge in [0.05, 0.1) is 13.0 Å². The SMILES string of the molecule is CCC(Oc1ccc(F)c(C(N)=O)c1F)c1nc(CCOC(C)=O)oc1Br. The number of nitrogens with zero attached hydrogens (tertiary/aromatic N) is 1. The summed E-state index contributed by atoms with van der Waals surface area (Å²) in [5, 5.41) is 0. The Kier molecular flexibility index (Phi) is 6.89. The summed E-state index contributed by atoms with van der Waals surface area (Å²) in [5.74, 6) is -3.97. The van der Waals surface area contributed by atoms with E-state index < -0.39 is 35.2 Å². The Morgan fingerprint density at radius 2 is 2.07 bits per heavy atom. The van der Waals surface area contributed by atoms with Gasteiger partial charge in [-0.3, -0.25) is 9.59 Å². The molecule has 0 radical (unpaired) electrons. The lowest BCUT2D eigenvalue weighted by molar-refractivity contribution is -0.140. The average Bonchev–Trinajstić information content (AvgIpc) is 2.94. The Bertz CT molecular complexity index is 856. The van der Waals surface area contributed by atoms with Crippen LogP contribution in [0.25, 0.3) is 0 Å². The van der Waals surface area contributed by atoms with Crippen LogP contribution in [0.1, 0.15) is 48.3 Å². The molecule has 27 heavy (non-hydrogen) atoms. The maximum absolute atomic E-state index is 14.4. The fourth-order valence-electron chi connectivity index (χ4n) is 2.28. The van der Waals surface area contributed by atoms with E-state index in [2.05, 4.69) is 20.9 Å². The number of primary amides is 1. The lowest BCUT2D eigenvalue weighted by atomic mass is 10.1. The smallest absolute Gasteiger partial charge is 0.302 e. The van der Waals surface area contributed by atoms with E-state index in [0.717, 1.165) is 12.1 Å². The predicted octanol–water partition coefficient (Wildman–Crippen LogP) is 3.45. The second kappa shape index (κ2) is 8.94. The van der Waals surface area contributed by atoms with Crippen molar-refractivity contribution in [2.45, 2.75) is 32.8 Å². The van der Waals surface area contributed by atoms with Crippen LogP contribution in [0.3, 0.4) is 0 Å². The van der Waals surface area contributed by atoms with Crippen molar-refractivity contribution in [2.75, 3.05) is 6.61 Å². The molecule has 1 heterocycles. The van der Waals surface area contributed by atoms with Gasteiger partial charge in [-0.05, 0) is 34.5 Å². The van der Waals surface area contributed by atoms with Crippen LogP contribution in [0, 0.1) is 11.6 Å². The number of halogens is 3. The van der Waals surface area contributed by atoms with Crippen molar-refractivity contribution >= 4 is 27.8 Å². The molecule has 0 spiro atoms. The summed E-state index contributed by atoms with van der Waals surface area (Å²) in [6.45, 7) is 3.14. The van der Waals surface area contributed by atoms with E-state index in [0.29, 0.717) is 12.1 Å². The summed E-state index contributed by atoms with van der Waals surface area (Å²) in [6.07, 6.45) is -0.130. The molecule has 2 rings (SSSR count). The van der Waals surface area contributed by atoms with Gasteiger partial charge < -0.3 is 19.6 Å². The molecular formula is C17H17BrF2N2O5. The molecule has 0 bridgehead atoms. The number of hydrogen-bond donors (Lipinski definition) is 1. The van der Waals surface area contributed by atoms with E-state index >= 15 is 0 Å². The number of amides is 1. The van der Waals surface area contributed by atoms with Crippen molar-refractivity contribution in [1.82, 2.24) is 4.98 Å². The number of ether oxygens (including phenoxy) is 2. The monoisotopic (exact) mass is 446 g/mol. The van der Waals surface area contributed by atoms with Crippen molar-refractivity contribution < 1.29 is 32.3 Å². The summed E-state index contributed by atoms with van der Waals surface area (Å²) in [7, 11) is 0. The summed E-state index contributed by atoms with van der Waals surface area (Å²) < 4.78 is 44.1. The third-order valence-corrected chi connectivity index (χ3v) is 4.09. The number of hydrogen-bond acceptors (Lipinski definition) is 6. The first kappa shape index (κ1) is 20.8. The van der Waals surface area contributed by atoms with Gasteiger partial charge in [-0.25, -0.2) is 13.8 Å². The molecule has 1 aromatic carbocycles. The van der Waals surface area contributed by atoms with Crippen LogP contribution in [0.15, 0.2) is 21.2 Å². The molecule has 0 saturated heterocycles. The Labute approximate surface area is 162 Å². The largest absolute Gasteiger partial charge is 0.481 e. The minimum atomic E-state index is -1.24. The number of oxazole rings is 1. The molecule has 0 aliphatic heterocycles. The fraction of sp³-hybridized carbons (Fsp3) is 0.353. The highest BCUT2D eigenvalue weighted by Crippen LogP contribution is 2.33. The molecule has 0 aliphatic rings. The zero-order valence-corrected chi connectivity index (χ0v) is 16.1. The van der Waals surface area contributed by atoms with Crippen LogP contribution in [0.5, 0.6) is 5.75 Å². The zero-order chi connectivity index (χ0) is 20.1. The van der Waals surface area contributed by atoms with E-state index in [4.69, 9.17) is 19.6 Å². The molecule has 0 fully saturated rings. The Balaban J connectivity index is 2.23. The standard InChI is InChI=1S/C17H17BrF2N2O5/c1-3-10(15-16(18)27-12(22-15)6-7-25-8(2)23)26-11-5-4-9(19)13(14(11)20)17(21)24/h4-5,10H,3,6-7H2,1-2H3,(H2,21,24). The van der Waals surface area contributed by atoms with Crippen molar-refractivity contribution in [3.8, 4) is 5.75 Å². The molecule has 1 amide bonds. The second-order valence-corrected chi connectivity index (χ2v) is 6.19. The Morgan fingerprint density at radius 3 is 2.67 bits per heavy atom. The normalized spacial score (nSPS) is 11.9. The molecule has 10 heteroatoms. The molecule has 2 N–H and O–H groups in total. The fourth-order valence-corrected chi connectivity index (χ4v) is 2.81. The van der Waals surface area contributed by atoms with E-state index in [-0.39, 0.29) is 29.3 Å². The van der Waals surface area contributed by atoms with Gasteiger partial charge in [-0.1, -0.05) is 6.92 Å². The average molecular weight is 447 g/mol. The number of carbonyl (C=O) groups excluding carboxylic acids is 2. The van der Waals surface area contributed by atoms with E-state index in [1.54, 1.807) is 6.92 Å². The van der Waals surface area contributed by atoms with Crippen LogP contribution in [0.2, 0.25) is 0 Å². The second-order valence-electron chi connectivity index (χ2n) is 5.47. The van der Waals surface area contributed by atoms with Crippen molar-refractivity contribution in [2.24, 2.45) is 5.73 Å². The number of benzene rings is 1. The Morgan fingerprint density at radius 1 is 1.37 bits per heavy atom. The number of esters is 1. The number of carbonyl (C=O) groups is 2. The van der Waals surface area contributed by atoms with Gasteiger partial charge in [0.1, 0.15) is 23.2 Å². The van der Waals surface area contributed by atoms with Gasteiger partial charge in [0.15, 0.2) is 22.1 Å². The first-order valence-electron chi connectivity index (χ1n) is 7.97. The minimum Gasteiger partial charge on any atom is -0.481 e. The van der Waals surface area contributed by atoms with Gasteiger partial charge >= 0.3 is 5.97 Å². The predicted molar refractivity (Wildman–Crippen MR) is 93.1 cm³/mol. The Hall–Kier alpha value is -2.49. The third kappa shape index (κ3) is 5.03. The molecule has 1 aromatic heterocycles. The van der Waals surface area contributed by atoms with E-state index in [1.165, 1.54) is 6.92 Å². The summed E-state index contributed by atoms with van der Waals surface area (Å²) in [5.41, 5.74) is 4.48. The van der Waals surface area contributed by atoms with Gasteiger partial charge in [0.25, 0.3) is 5.91 Å².